The van der Waals surface area contributed by atoms with Gasteiger partial charge in [0.2, 0.25) is 5.13 Å². The van der Waals surface area contributed by atoms with Crippen molar-refractivity contribution in [1.29, 1.82) is 0 Å². The van der Waals surface area contributed by atoms with Crippen LogP contribution in [0.15, 0.2) is 66.9 Å². The van der Waals surface area contributed by atoms with Crippen LogP contribution < -0.4 is 10.1 Å². The third kappa shape index (κ3) is 4.76. The first-order valence-electron chi connectivity index (χ1n) is 8.82. The van der Waals surface area contributed by atoms with E-state index in [9.17, 15) is 4.79 Å². The molecule has 0 aliphatic heterocycles. The monoisotopic (exact) mass is 456 g/mol. The largest absolute Gasteiger partial charge is 0.464 e. The number of rotatable bonds is 6. The molecule has 2 aromatic heterocycles. The van der Waals surface area contributed by atoms with Gasteiger partial charge in [-0.2, -0.15) is 0 Å². The van der Waals surface area contributed by atoms with Crippen molar-refractivity contribution in [3.8, 4) is 16.5 Å². The Bertz CT molecular complexity index is 1180. The number of benzene rings is 2. The highest BCUT2D eigenvalue weighted by atomic mass is 35.5. The van der Waals surface area contributed by atoms with Crippen LogP contribution in [0.4, 0.5) is 5.13 Å². The van der Waals surface area contributed by atoms with Gasteiger partial charge in [-0.25, -0.2) is 0 Å². The fourth-order valence-corrected chi connectivity index (χ4v) is 3.61. The molecule has 0 aliphatic carbocycles. The zero-order valence-electron chi connectivity index (χ0n) is 15.4. The summed E-state index contributed by atoms with van der Waals surface area (Å²) in [6.07, 6.45) is 1.61. The lowest BCUT2D eigenvalue weighted by Gasteiger charge is -2.09. The molecular formula is C21H14Cl2N4O2S. The summed E-state index contributed by atoms with van der Waals surface area (Å²) >= 11 is 13.3. The van der Waals surface area contributed by atoms with E-state index in [1.165, 1.54) is 0 Å². The molecule has 1 amide bonds. The first kappa shape index (κ1) is 20.3. The molecule has 150 valence electrons. The molecule has 2 aromatic carbocycles. The number of pyridine rings is 1. The van der Waals surface area contributed by atoms with Crippen LogP contribution >= 0.6 is 34.5 Å². The number of hydrogen-bond acceptors (Lipinski definition) is 6. The number of nitrogens with one attached hydrogen (secondary N) is 1. The third-order valence-corrected chi connectivity index (χ3v) is 5.42. The molecule has 0 saturated heterocycles. The van der Waals surface area contributed by atoms with E-state index >= 15 is 0 Å². The number of ether oxygens (including phenoxy) is 1. The molecular weight excluding hydrogens is 443 g/mol. The molecule has 30 heavy (non-hydrogen) atoms. The quantitative estimate of drug-likeness (QED) is 0.400. The molecule has 0 saturated carbocycles. The molecule has 0 aliphatic rings. The lowest BCUT2D eigenvalue weighted by Crippen LogP contribution is -2.13. The molecule has 0 fully saturated rings. The Morgan fingerprint density at radius 2 is 1.80 bits per heavy atom. The number of carbonyl (C=O) groups is 1. The van der Waals surface area contributed by atoms with Crippen LogP contribution in [-0.2, 0) is 6.61 Å². The van der Waals surface area contributed by atoms with Gasteiger partial charge in [0, 0.05) is 21.8 Å². The lowest BCUT2D eigenvalue weighted by atomic mass is 10.1. The second-order valence-electron chi connectivity index (χ2n) is 6.12. The van der Waals surface area contributed by atoms with Gasteiger partial charge in [0.15, 0.2) is 0 Å². The highest BCUT2D eigenvalue weighted by Gasteiger charge is 2.17. The molecule has 4 aromatic rings. The Balaban J connectivity index is 1.46. The van der Waals surface area contributed by atoms with Crippen molar-refractivity contribution in [2.24, 2.45) is 0 Å². The van der Waals surface area contributed by atoms with Gasteiger partial charge in [0.1, 0.15) is 6.61 Å². The zero-order valence-corrected chi connectivity index (χ0v) is 17.7. The van der Waals surface area contributed by atoms with Gasteiger partial charge >= 0.3 is 0 Å². The van der Waals surface area contributed by atoms with Gasteiger partial charge < -0.3 is 4.74 Å². The Labute approximate surface area is 186 Å². The fourth-order valence-electron chi connectivity index (χ4n) is 2.67. The lowest BCUT2D eigenvalue weighted by molar-refractivity contribution is 0.102. The van der Waals surface area contributed by atoms with E-state index in [1.807, 2.05) is 30.3 Å². The van der Waals surface area contributed by atoms with Crippen LogP contribution in [0.2, 0.25) is 10.0 Å². The summed E-state index contributed by atoms with van der Waals surface area (Å²) in [5.74, 6) is -0.363. The first-order valence-corrected chi connectivity index (χ1v) is 10.4. The molecule has 0 spiro atoms. The van der Waals surface area contributed by atoms with Crippen molar-refractivity contribution in [3.05, 3.63) is 88.0 Å². The van der Waals surface area contributed by atoms with Crippen molar-refractivity contribution in [2.75, 3.05) is 5.32 Å². The van der Waals surface area contributed by atoms with Gasteiger partial charge in [-0.1, -0.05) is 58.6 Å². The Hall–Kier alpha value is -3.00. The molecule has 1 N–H and O–H groups in total. The fraction of sp³-hybridized carbons (Fsp3) is 0.0476. The maximum Gasteiger partial charge on any atom is 0.296 e. The second kappa shape index (κ2) is 9.21. The molecule has 0 radical (unpaired) electrons. The minimum atomic E-state index is -0.363. The van der Waals surface area contributed by atoms with E-state index in [1.54, 1.807) is 36.5 Å². The molecule has 0 atom stereocenters. The topological polar surface area (TPSA) is 77.0 Å². The minimum absolute atomic E-state index is 0.318. The average molecular weight is 457 g/mol. The first-order chi connectivity index (χ1) is 14.6. The van der Waals surface area contributed by atoms with Crippen molar-refractivity contribution >= 4 is 45.6 Å². The number of halogens is 2. The van der Waals surface area contributed by atoms with Gasteiger partial charge in [-0.05, 0) is 47.2 Å². The predicted octanol–water partition coefficient (Wildman–Crippen LogP) is 5.74. The minimum Gasteiger partial charge on any atom is -0.464 e. The van der Waals surface area contributed by atoms with Gasteiger partial charge in [0.25, 0.3) is 11.1 Å². The van der Waals surface area contributed by atoms with E-state index in [-0.39, 0.29) is 5.91 Å². The van der Waals surface area contributed by atoms with E-state index in [0.29, 0.717) is 43.8 Å². The summed E-state index contributed by atoms with van der Waals surface area (Å²) in [5.41, 5.74) is 2.49. The number of hydrogen-bond donors (Lipinski definition) is 1. The van der Waals surface area contributed by atoms with Crippen LogP contribution in [0.5, 0.6) is 5.19 Å². The Kier molecular flexibility index (Phi) is 6.23. The maximum absolute atomic E-state index is 12.8. The number of anilines is 1. The van der Waals surface area contributed by atoms with Crippen LogP contribution in [0, 0.1) is 0 Å². The molecule has 9 heteroatoms. The smallest absolute Gasteiger partial charge is 0.296 e. The molecule has 0 bridgehead atoms. The van der Waals surface area contributed by atoms with E-state index in [2.05, 4.69) is 20.5 Å². The van der Waals surface area contributed by atoms with E-state index in [0.717, 1.165) is 16.9 Å². The highest BCUT2D eigenvalue weighted by Crippen LogP contribution is 2.30. The summed E-state index contributed by atoms with van der Waals surface area (Å²) in [4.78, 5) is 17.2. The summed E-state index contributed by atoms with van der Waals surface area (Å²) in [6.45, 7) is 0.318. The molecule has 6 nitrogen and oxygen atoms in total. The number of aromatic nitrogens is 3. The number of carbonyl (C=O) groups excluding carboxylic acids is 1. The van der Waals surface area contributed by atoms with Crippen molar-refractivity contribution < 1.29 is 9.53 Å². The number of amides is 1. The normalized spacial score (nSPS) is 10.6. The average Bonchev–Trinajstić information content (AvgIpc) is 3.21. The second-order valence-corrected chi connectivity index (χ2v) is 7.91. The van der Waals surface area contributed by atoms with Crippen LogP contribution in [-0.4, -0.2) is 21.1 Å². The van der Waals surface area contributed by atoms with Gasteiger partial charge in [-0.3, -0.25) is 15.1 Å². The molecule has 4 rings (SSSR count). The summed E-state index contributed by atoms with van der Waals surface area (Å²) in [7, 11) is 0. The predicted molar refractivity (Wildman–Crippen MR) is 118 cm³/mol. The summed E-state index contributed by atoms with van der Waals surface area (Å²) in [6, 6.07) is 17.9. The Morgan fingerprint density at radius 3 is 2.60 bits per heavy atom. The maximum atomic E-state index is 12.8. The molecule has 0 unspecified atom stereocenters. The van der Waals surface area contributed by atoms with Crippen molar-refractivity contribution in [1.82, 2.24) is 15.2 Å². The van der Waals surface area contributed by atoms with Crippen LogP contribution in [0.25, 0.3) is 11.3 Å². The third-order valence-electron chi connectivity index (χ3n) is 4.08. The summed E-state index contributed by atoms with van der Waals surface area (Å²) in [5, 5.41) is 12.5. The summed E-state index contributed by atoms with van der Waals surface area (Å²) < 4.78 is 5.63. The zero-order chi connectivity index (χ0) is 20.9. The van der Waals surface area contributed by atoms with E-state index < -0.39 is 0 Å². The van der Waals surface area contributed by atoms with Gasteiger partial charge in [0.05, 0.1) is 11.3 Å². The van der Waals surface area contributed by atoms with Gasteiger partial charge in [-0.15, -0.1) is 5.10 Å². The molecule has 2 heterocycles. The highest BCUT2D eigenvalue weighted by molar-refractivity contribution is 7.17. The number of nitrogens with zero attached hydrogens (tertiary/aromatic N) is 3. The van der Waals surface area contributed by atoms with Crippen molar-refractivity contribution in [2.45, 2.75) is 6.61 Å². The van der Waals surface area contributed by atoms with E-state index in [4.69, 9.17) is 27.9 Å². The Morgan fingerprint density at radius 1 is 1.00 bits per heavy atom. The van der Waals surface area contributed by atoms with Crippen LogP contribution in [0.1, 0.15) is 15.9 Å². The van der Waals surface area contributed by atoms with Crippen LogP contribution in [0.3, 0.4) is 0 Å². The standard InChI is InChI=1S/C21H14Cl2N4O2S/c22-14-9-7-13(8-10-14)12-29-21-27-26-20(30-21)25-19(28)16-5-3-11-24-18(16)15-4-1-2-6-17(15)23/h1-11H,12H2,(H,25,26,28). The SMILES string of the molecule is O=C(Nc1nnc(OCc2ccc(Cl)cc2)s1)c1cccnc1-c1ccccc1Cl. The van der Waals surface area contributed by atoms with Crippen molar-refractivity contribution in [3.63, 3.8) is 0 Å².